The number of rotatable bonds is 6. The molecule has 0 bridgehead atoms. The van der Waals surface area contributed by atoms with E-state index in [4.69, 9.17) is 0 Å². The average molecular weight is 374 g/mol. The molecule has 1 aliphatic heterocycles. The van der Waals surface area contributed by atoms with E-state index in [1.807, 2.05) is 12.1 Å². The third-order valence-corrected chi connectivity index (χ3v) is 5.71. The van der Waals surface area contributed by atoms with Gasteiger partial charge in [0.25, 0.3) is 6.43 Å². The molecule has 1 fully saturated rings. The third-order valence-electron chi connectivity index (χ3n) is 4.73. The van der Waals surface area contributed by atoms with E-state index in [1.54, 1.807) is 23.5 Å². The molecular weight excluding hydrogens is 354 g/mol. The van der Waals surface area contributed by atoms with Crippen LogP contribution in [0.3, 0.4) is 0 Å². The van der Waals surface area contributed by atoms with Gasteiger partial charge in [-0.2, -0.15) is 0 Å². The molecule has 0 aliphatic carbocycles. The average Bonchev–Trinajstić information content (AvgIpc) is 3.36. The predicted octanol–water partition coefficient (Wildman–Crippen LogP) is 4.88. The smallest absolute Gasteiger partial charge is 0.297 e. The quantitative estimate of drug-likeness (QED) is 0.668. The molecule has 26 heavy (non-hydrogen) atoms. The van der Waals surface area contributed by atoms with Gasteiger partial charge in [0.1, 0.15) is 5.82 Å². The van der Waals surface area contributed by atoms with Gasteiger partial charge in [0.15, 0.2) is 5.82 Å². The summed E-state index contributed by atoms with van der Waals surface area (Å²) in [5, 5.41) is 6.17. The van der Waals surface area contributed by atoms with Crippen molar-refractivity contribution in [1.29, 1.82) is 0 Å². The maximum atomic E-state index is 13.2. The van der Waals surface area contributed by atoms with E-state index in [1.165, 1.54) is 17.7 Å². The summed E-state index contributed by atoms with van der Waals surface area (Å²) in [5.41, 5.74) is 0.536. The maximum Gasteiger partial charge on any atom is 0.297 e. The van der Waals surface area contributed by atoms with Crippen LogP contribution in [0.5, 0.6) is 0 Å². The minimum Gasteiger partial charge on any atom is -0.367 e. The zero-order chi connectivity index (χ0) is 17.9. The number of halogens is 2. The molecule has 1 N–H and O–H groups in total. The molecule has 1 saturated heterocycles. The van der Waals surface area contributed by atoms with Crippen LogP contribution in [-0.4, -0.2) is 34.5 Å². The van der Waals surface area contributed by atoms with Crippen molar-refractivity contribution >= 4 is 28.1 Å². The Balaban J connectivity index is 1.63. The second-order valence-corrected chi connectivity index (χ2v) is 7.38. The minimum atomic E-state index is -2.69. The first kappa shape index (κ1) is 17.3. The van der Waals surface area contributed by atoms with Gasteiger partial charge in [0.2, 0.25) is 0 Å². The van der Waals surface area contributed by atoms with Crippen LogP contribution in [0.25, 0.3) is 10.9 Å². The number of fused-ring (bicyclic) bond motifs is 1. The summed E-state index contributed by atoms with van der Waals surface area (Å²) in [4.78, 5) is 11.8. The Hall–Kier alpha value is -2.12. The number of hydrogen-bond donors (Lipinski definition) is 1. The van der Waals surface area contributed by atoms with E-state index in [9.17, 15) is 8.78 Å². The van der Waals surface area contributed by atoms with E-state index in [-0.39, 0.29) is 6.04 Å². The van der Waals surface area contributed by atoms with Crippen molar-refractivity contribution in [2.75, 3.05) is 25.0 Å². The summed E-state index contributed by atoms with van der Waals surface area (Å²) in [5.74, 6) is 0.0479. The Labute approximate surface area is 154 Å². The first-order valence-corrected chi connectivity index (χ1v) is 9.66. The molecule has 1 aliphatic rings. The second-order valence-electron chi connectivity index (χ2n) is 6.40. The third kappa shape index (κ3) is 3.54. The van der Waals surface area contributed by atoms with Crippen LogP contribution in [0, 0.1) is 0 Å². The number of alkyl halides is 2. The van der Waals surface area contributed by atoms with Gasteiger partial charge in [-0.25, -0.2) is 18.7 Å². The molecular formula is C19H20F2N4S. The van der Waals surface area contributed by atoms with Crippen molar-refractivity contribution in [3.8, 4) is 0 Å². The van der Waals surface area contributed by atoms with Crippen LogP contribution in [0.15, 0.2) is 41.8 Å². The van der Waals surface area contributed by atoms with E-state index in [0.29, 0.717) is 17.9 Å². The number of aromatic nitrogens is 2. The minimum absolute atomic E-state index is 0.223. The molecule has 0 radical (unpaired) electrons. The standard InChI is InChI=1S/C19H20F2N4S/c20-17(21)19-23-14-7-2-1-6-13(14)18(24-19)22-12-15(16-8-5-11-26-16)25-9-3-4-10-25/h1-2,5-8,11,15,17H,3-4,9-10,12H2,(H,22,23,24). The fraction of sp³-hybridized carbons (Fsp3) is 0.368. The molecule has 0 spiro atoms. The van der Waals surface area contributed by atoms with Gasteiger partial charge < -0.3 is 5.32 Å². The largest absolute Gasteiger partial charge is 0.367 e. The van der Waals surface area contributed by atoms with Gasteiger partial charge in [-0.3, -0.25) is 4.90 Å². The van der Waals surface area contributed by atoms with Crippen LogP contribution < -0.4 is 5.32 Å². The first-order valence-electron chi connectivity index (χ1n) is 8.78. The van der Waals surface area contributed by atoms with Crippen molar-refractivity contribution in [1.82, 2.24) is 14.9 Å². The molecule has 4 rings (SSSR count). The Bertz CT molecular complexity index is 863. The van der Waals surface area contributed by atoms with Crippen molar-refractivity contribution in [3.05, 3.63) is 52.5 Å². The van der Waals surface area contributed by atoms with Crippen molar-refractivity contribution in [2.24, 2.45) is 0 Å². The van der Waals surface area contributed by atoms with Gasteiger partial charge in [0, 0.05) is 16.8 Å². The lowest BCUT2D eigenvalue weighted by Crippen LogP contribution is -2.30. The number of nitrogens with one attached hydrogen (secondary N) is 1. The van der Waals surface area contributed by atoms with Crippen LogP contribution in [-0.2, 0) is 0 Å². The van der Waals surface area contributed by atoms with Crippen LogP contribution in [0.1, 0.15) is 36.0 Å². The summed E-state index contributed by atoms with van der Waals surface area (Å²) in [6.45, 7) is 2.76. The van der Waals surface area contributed by atoms with E-state index < -0.39 is 12.2 Å². The van der Waals surface area contributed by atoms with Gasteiger partial charge in [0.05, 0.1) is 11.6 Å². The molecule has 136 valence electrons. The van der Waals surface area contributed by atoms with E-state index in [0.717, 1.165) is 18.5 Å². The second kappa shape index (κ2) is 7.63. The molecule has 0 saturated carbocycles. The van der Waals surface area contributed by atoms with Crippen molar-refractivity contribution < 1.29 is 8.78 Å². The molecule has 0 amide bonds. The summed E-state index contributed by atoms with van der Waals surface area (Å²) in [6, 6.07) is 11.7. The summed E-state index contributed by atoms with van der Waals surface area (Å²) >= 11 is 1.73. The number of hydrogen-bond acceptors (Lipinski definition) is 5. The number of nitrogens with zero attached hydrogens (tertiary/aromatic N) is 3. The highest BCUT2D eigenvalue weighted by molar-refractivity contribution is 7.10. The number of likely N-dealkylation sites (tertiary alicyclic amines) is 1. The molecule has 4 nitrogen and oxygen atoms in total. The van der Waals surface area contributed by atoms with Crippen LogP contribution >= 0.6 is 11.3 Å². The van der Waals surface area contributed by atoms with E-state index >= 15 is 0 Å². The highest BCUT2D eigenvalue weighted by Crippen LogP contribution is 2.30. The summed E-state index contributed by atoms with van der Waals surface area (Å²) in [6.07, 6.45) is -0.284. The Morgan fingerprint density at radius 2 is 1.88 bits per heavy atom. The lowest BCUT2D eigenvalue weighted by molar-refractivity contribution is 0.141. The highest BCUT2D eigenvalue weighted by Gasteiger charge is 2.24. The number of para-hydroxylation sites is 1. The van der Waals surface area contributed by atoms with Crippen molar-refractivity contribution in [3.63, 3.8) is 0 Å². The normalized spacial score (nSPS) is 16.4. The molecule has 1 unspecified atom stereocenters. The highest BCUT2D eigenvalue weighted by atomic mass is 32.1. The lowest BCUT2D eigenvalue weighted by atomic mass is 10.2. The Morgan fingerprint density at radius 1 is 1.08 bits per heavy atom. The fourth-order valence-electron chi connectivity index (χ4n) is 3.46. The number of benzene rings is 1. The Kier molecular flexibility index (Phi) is 5.08. The Morgan fingerprint density at radius 3 is 2.62 bits per heavy atom. The molecule has 3 heterocycles. The van der Waals surface area contributed by atoms with Crippen molar-refractivity contribution in [2.45, 2.75) is 25.3 Å². The number of thiophene rings is 1. The van der Waals surface area contributed by atoms with Gasteiger partial charge >= 0.3 is 0 Å². The topological polar surface area (TPSA) is 41.1 Å². The zero-order valence-electron chi connectivity index (χ0n) is 14.2. The molecule has 1 atom stereocenters. The van der Waals surface area contributed by atoms with Gasteiger partial charge in [-0.15, -0.1) is 11.3 Å². The zero-order valence-corrected chi connectivity index (χ0v) is 15.1. The van der Waals surface area contributed by atoms with Gasteiger partial charge in [-0.05, 0) is 49.5 Å². The maximum absolute atomic E-state index is 13.2. The molecule has 7 heteroatoms. The lowest BCUT2D eigenvalue weighted by Gasteiger charge is -2.27. The molecule has 2 aromatic heterocycles. The molecule has 1 aromatic carbocycles. The van der Waals surface area contributed by atoms with Crippen LogP contribution in [0.4, 0.5) is 14.6 Å². The van der Waals surface area contributed by atoms with E-state index in [2.05, 4.69) is 37.7 Å². The summed E-state index contributed by atoms with van der Waals surface area (Å²) < 4.78 is 26.4. The van der Waals surface area contributed by atoms with Gasteiger partial charge in [-0.1, -0.05) is 18.2 Å². The number of anilines is 1. The predicted molar refractivity (Wildman–Crippen MR) is 101 cm³/mol. The van der Waals surface area contributed by atoms with Crippen LogP contribution in [0.2, 0.25) is 0 Å². The SMILES string of the molecule is FC(F)c1nc(NCC(c2cccs2)N2CCCC2)c2ccccc2n1. The summed E-state index contributed by atoms with van der Waals surface area (Å²) in [7, 11) is 0. The molecule has 3 aromatic rings. The monoisotopic (exact) mass is 374 g/mol. The first-order chi connectivity index (χ1) is 12.7. The fourth-order valence-corrected chi connectivity index (χ4v) is 4.32.